The number of rotatable bonds is 7. The van der Waals surface area contributed by atoms with Gasteiger partial charge < -0.3 is 14.4 Å². The molecule has 5 heteroatoms. The molecule has 2 aromatic rings. The minimum absolute atomic E-state index is 0.0606. The zero-order valence-corrected chi connectivity index (χ0v) is 16.5. The van der Waals surface area contributed by atoms with Crippen molar-refractivity contribution in [2.45, 2.75) is 45.2 Å². The molecule has 0 bridgehead atoms. The van der Waals surface area contributed by atoms with Gasteiger partial charge in [0.1, 0.15) is 5.75 Å². The molecule has 5 nitrogen and oxygen atoms in total. The van der Waals surface area contributed by atoms with Crippen LogP contribution in [0.1, 0.15) is 48.5 Å². The Balaban J connectivity index is 1.48. The van der Waals surface area contributed by atoms with Gasteiger partial charge >= 0.3 is 0 Å². The second kappa shape index (κ2) is 8.31. The Morgan fingerprint density at radius 1 is 1.25 bits per heavy atom. The van der Waals surface area contributed by atoms with Crippen molar-refractivity contribution < 1.29 is 14.3 Å². The average Bonchev–Trinajstić information content (AvgIpc) is 3.24. The first kappa shape index (κ1) is 18.9. The molecule has 2 fully saturated rings. The number of aromatic nitrogens is 1. The number of benzene rings is 1. The average molecular weight is 380 g/mol. The van der Waals surface area contributed by atoms with Gasteiger partial charge in [-0.2, -0.15) is 0 Å². The highest BCUT2D eigenvalue weighted by atomic mass is 16.5. The Kier molecular flexibility index (Phi) is 5.62. The van der Waals surface area contributed by atoms with E-state index in [2.05, 4.69) is 24.0 Å². The summed E-state index contributed by atoms with van der Waals surface area (Å²) in [5.41, 5.74) is 1.86. The first-order valence-corrected chi connectivity index (χ1v) is 10.1. The molecule has 1 amide bonds. The zero-order valence-electron chi connectivity index (χ0n) is 16.5. The molecule has 4 rings (SSSR count). The zero-order chi connectivity index (χ0) is 19.4. The lowest BCUT2D eigenvalue weighted by Crippen LogP contribution is -2.44. The van der Waals surface area contributed by atoms with Gasteiger partial charge in [0, 0.05) is 30.4 Å². The van der Waals surface area contributed by atoms with Gasteiger partial charge in [0.2, 0.25) is 0 Å². The van der Waals surface area contributed by atoms with Crippen LogP contribution in [-0.2, 0) is 11.3 Å². The molecule has 1 saturated carbocycles. The van der Waals surface area contributed by atoms with Gasteiger partial charge in [0.05, 0.1) is 25.4 Å². The van der Waals surface area contributed by atoms with Crippen molar-refractivity contribution in [1.82, 2.24) is 9.88 Å². The number of nitrogens with zero attached hydrogens (tertiary/aromatic N) is 2. The van der Waals surface area contributed by atoms with Crippen LogP contribution in [0.2, 0.25) is 0 Å². The number of carbonyl (C=O) groups excluding carboxylic acids is 1. The van der Waals surface area contributed by atoms with Crippen molar-refractivity contribution in [1.29, 1.82) is 0 Å². The largest absolute Gasteiger partial charge is 0.493 e. The van der Waals surface area contributed by atoms with Crippen molar-refractivity contribution in [3.63, 3.8) is 0 Å². The molecule has 1 aliphatic heterocycles. The third kappa shape index (κ3) is 4.36. The van der Waals surface area contributed by atoms with Crippen LogP contribution in [0.5, 0.6) is 5.75 Å². The molecule has 1 aromatic carbocycles. The fourth-order valence-corrected chi connectivity index (χ4v) is 3.96. The minimum atomic E-state index is 0.0606. The molecule has 2 aliphatic rings. The van der Waals surface area contributed by atoms with Crippen LogP contribution < -0.4 is 4.74 Å². The molecule has 0 spiro atoms. The summed E-state index contributed by atoms with van der Waals surface area (Å²) in [5.74, 6) is 0.913. The van der Waals surface area contributed by atoms with Gasteiger partial charge in [-0.05, 0) is 42.7 Å². The summed E-state index contributed by atoms with van der Waals surface area (Å²) < 4.78 is 11.3. The number of ether oxygens (including phenoxy) is 2. The highest BCUT2D eigenvalue weighted by molar-refractivity contribution is 5.94. The van der Waals surface area contributed by atoms with Gasteiger partial charge in [-0.1, -0.05) is 31.9 Å². The molecule has 0 unspecified atom stereocenters. The molecule has 0 atom stereocenters. The SMILES string of the molecule is CC1(COc2cccc(CN(C(=O)c3cccnc3)C3CCCC3)c2)COC1. The molecular formula is C23H28N2O3. The van der Waals surface area contributed by atoms with Gasteiger partial charge in [-0.25, -0.2) is 0 Å². The van der Waals surface area contributed by atoms with Crippen LogP contribution >= 0.6 is 0 Å². The van der Waals surface area contributed by atoms with Crippen LogP contribution in [0.25, 0.3) is 0 Å². The van der Waals surface area contributed by atoms with Crippen molar-refractivity contribution >= 4 is 5.91 Å². The van der Waals surface area contributed by atoms with Gasteiger partial charge in [-0.15, -0.1) is 0 Å². The van der Waals surface area contributed by atoms with Crippen molar-refractivity contribution in [3.05, 3.63) is 59.9 Å². The Bertz CT molecular complexity index is 799. The fraction of sp³-hybridized carbons (Fsp3) is 0.478. The quantitative estimate of drug-likeness (QED) is 0.726. The Morgan fingerprint density at radius 2 is 2.07 bits per heavy atom. The van der Waals surface area contributed by atoms with E-state index in [0.717, 1.165) is 37.4 Å². The maximum absolute atomic E-state index is 13.2. The van der Waals surface area contributed by atoms with Gasteiger partial charge in [0.15, 0.2) is 0 Å². The third-order valence-corrected chi connectivity index (χ3v) is 5.67. The molecular weight excluding hydrogens is 352 g/mol. The first-order chi connectivity index (χ1) is 13.6. The van der Waals surface area contributed by atoms with Crippen molar-refractivity contribution in [2.24, 2.45) is 5.41 Å². The molecule has 2 heterocycles. The summed E-state index contributed by atoms with van der Waals surface area (Å²) in [5, 5.41) is 0. The predicted octanol–water partition coefficient (Wildman–Crippen LogP) is 4.08. The number of amides is 1. The van der Waals surface area contributed by atoms with Crippen LogP contribution in [0.3, 0.4) is 0 Å². The second-order valence-corrected chi connectivity index (χ2v) is 8.35. The van der Waals surface area contributed by atoms with Crippen LogP contribution in [0, 0.1) is 5.41 Å². The monoisotopic (exact) mass is 380 g/mol. The summed E-state index contributed by atoms with van der Waals surface area (Å²) >= 11 is 0. The maximum atomic E-state index is 13.2. The highest BCUT2D eigenvalue weighted by Gasteiger charge is 2.34. The maximum Gasteiger partial charge on any atom is 0.255 e. The van der Waals surface area contributed by atoms with E-state index in [9.17, 15) is 4.79 Å². The van der Waals surface area contributed by atoms with E-state index in [4.69, 9.17) is 9.47 Å². The van der Waals surface area contributed by atoms with Gasteiger partial charge in [-0.3, -0.25) is 9.78 Å². The molecule has 1 saturated heterocycles. The molecule has 1 aliphatic carbocycles. The second-order valence-electron chi connectivity index (χ2n) is 8.35. The molecule has 148 valence electrons. The standard InChI is InChI=1S/C23H28N2O3/c1-23(15-27-16-23)17-28-21-10-4-6-18(12-21)14-25(20-8-2-3-9-20)22(26)19-7-5-11-24-13-19/h4-7,10-13,20H,2-3,8-9,14-17H2,1H3. The number of carbonyl (C=O) groups is 1. The van der Waals surface area contributed by atoms with E-state index < -0.39 is 0 Å². The van der Waals surface area contributed by atoms with E-state index >= 15 is 0 Å². The summed E-state index contributed by atoms with van der Waals surface area (Å²) in [6.45, 7) is 4.92. The van der Waals surface area contributed by atoms with E-state index in [1.165, 1.54) is 12.8 Å². The van der Waals surface area contributed by atoms with E-state index in [0.29, 0.717) is 24.8 Å². The number of pyridine rings is 1. The van der Waals surface area contributed by atoms with Crippen LogP contribution in [0.15, 0.2) is 48.8 Å². The lowest BCUT2D eigenvalue weighted by molar-refractivity contribution is -0.120. The third-order valence-electron chi connectivity index (χ3n) is 5.67. The topological polar surface area (TPSA) is 51.7 Å². The lowest BCUT2D eigenvalue weighted by atomic mass is 9.90. The summed E-state index contributed by atoms with van der Waals surface area (Å²) in [4.78, 5) is 19.3. The Hall–Kier alpha value is -2.40. The number of hydrogen-bond acceptors (Lipinski definition) is 4. The molecule has 1 aromatic heterocycles. The van der Waals surface area contributed by atoms with Crippen molar-refractivity contribution in [3.8, 4) is 5.75 Å². The van der Waals surface area contributed by atoms with Gasteiger partial charge in [0.25, 0.3) is 5.91 Å². The molecule has 0 radical (unpaired) electrons. The number of hydrogen-bond donors (Lipinski definition) is 0. The Labute approximate surface area is 166 Å². The smallest absolute Gasteiger partial charge is 0.255 e. The summed E-state index contributed by atoms with van der Waals surface area (Å²) in [7, 11) is 0. The van der Waals surface area contributed by atoms with E-state index in [-0.39, 0.29) is 11.3 Å². The minimum Gasteiger partial charge on any atom is -0.493 e. The summed E-state index contributed by atoms with van der Waals surface area (Å²) in [6.07, 6.45) is 7.87. The van der Waals surface area contributed by atoms with Crippen LogP contribution in [0.4, 0.5) is 0 Å². The normalized spacial score (nSPS) is 18.5. The fourth-order valence-electron chi connectivity index (χ4n) is 3.96. The summed E-state index contributed by atoms with van der Waals surface area (Å²) in [6, 6.07) is 12.1. The van der Waals surface area contributed by atoms with E-state index in [1.54, 1.807) is 12.4 Å². The Morgan fingerprint density at radius 3 is 2.75 bits per heavy atom. The first-order valence-electron chi connectivity index (χ1n) is 10.1. The molecule has 0 N–H and O–H groups in total. The van der Waals surface area contributed by atoms with E-state index in [1.807, 2.05) is 29.2 Å². The predicted molar refractivity (Wildman–Crippen MR) is 107 cm³/mol. The molecule has 28 heavy (non-hydrogen) atoms. The highest BCUT2D eigenvalue weighted by Crippen LogP contribution is 2.29. The van der Waals surface area contributed by atoms with Crippen molar-refractivity contribution in [2.75, 3.05) is 19.8 Å². The lowest BCUT2D eigenvalue weighted by Gasteiger charge is -2.37. The van der Waals surface area contributed by atoms with Crippen LogP contribution in [-0.4, -0.2) is 41.7 Å².